The number of rotatable bonds is 4. The van der Waals surface area contributed by atoms with Gasteiger partial charge in [-0.05, 0) is 56.9 Å². The van der Waals surface area contributed by atoms with Gasteiger partial charge in [-0.15, -0.1) is 0 Å². The molecule has 3 fully saturated rings. The molecule has 3 rings (SSSR count). The van der Waals surface area contributed by atoms with Crippen molar-refractivity contribution in [2.45, 2.75) is 76.8 Å². The number of hydrogen-bond acceptors (Lipinski definition) is 2. The highest BCUT2D eigenvalue weighted by Crippen LogP contribution is 2.32. The number of amides is 1. The van der Waals surface area contributed by atoms with Crippen LogP contribution in [0, 0.1) is 11.8 Å². The molecule has 3 heteroatoms. The zero-order chi connectivity index (χ0) is 13.9. The van der Waals surface area contributed by atoms with Gasteiger partial charge in [-0.25, -0.2) is 0 Å². The predicted octanol–water partition coefficient (Wildman–Crippen LogP) is 2.95. The van der Waals surface area contributed by atoms with E-state index >= 15 is 0 Å². The quantitative estimate of drug-likeness (QED) is 0.857. The summed E-state index contributed by atoms with van der Waals surface area (Å²) in [5.41, 5.74) is 0. The van der Waals surface area contributed by atoms with Crippen molar-refractivity contribution in [3.63, 3.8) is 0 Å². The Balaban J connectivity index is 1.59. The minimum Gasteiger partial charge on any atom is -0.338 e. The molecule has 3 aliphatic rings. The smallest absolute Gasteiger partial charge is 0.239 e. The Kier molecular flexibility index (Phi) is 4.65. The van der Waals surface area contributed by atoms with Gasteiger partial charge in [-0.1, -0.05) is 26.2 Å². The Bertz CT molecular complexity index is 334. The summed E-state index contributed by atoms with van der Waals surface area (Å²) in [7, 11) is 0. The molecule has 2 aliphatic carbocycles. The lowest BCUT2D eigenvalue weighted by atomic mass is 9.88. The molecule has 1 aliphatic heterocycles. The lowest BCUT2D eigenvalue weighted by molar-refractivity contribution is -0.135. The molecule has 1 amide bonds. The topological polar surface area (TPSA) is 32.3 Å². The zero-order valence-electron chi connectivity index (χ0n) is 12.9. The van der Waals surface area contributed by atoms with Crippen LogP contribution in [-0.4, -0.2) is 36.0 Å². The molecule has 114 valence electrons. The summed E-state index contributed by atoms with van der Waals surface area (Å²) in [6.45, 7) is 4.33. The van der Waals surface area contributed by atoms with Crippen LogP contribution in [0.25, 0.3) is 0 Å². The maximum atomic E-state index is 12.9. The van der Waals surface area contributed by atoms with E-state index in [9.17, 15) is 4.79 Å². The van der Waals surface area contributed by atoms with Gasteiger partial charge in [0.15, 0.2) is 0 Å². The highest BCUT2D eigenvalue weighted by molar-refractivity contribution is 5.82. The van der Waals surface area contributed by atoms with Crippen LogP contribution in [0.5, 0.6) is 0 Å². The van der Waals surface area contributed by atoms with Crippen molar-refractivity contribution >= 4 is 5.91 Å². The standard InChI is InChI=1S/C17H30N2O/c1-13-9-10-18-16(11-13)17(20)19(15-7-8-15)12-14-5-3-2-4-6-14/h13-16,18H,2-12H2,1H3. The first-order valence-corrected chi connectivity index (χ1v) is 8.78. The molecule has 2 atom stereocenters. The molecular formula is C17H30N2O. The fourth-order valence-corrected chi connectivity index (χ4v) is 3.95. The van der Waals surface area contributed by atoms with Gasteiger partial charge < -0.3 is 10.2 Å². The number of nitrogens with one attached hydrogen (secondary N) is 1. The van der Waals surface area contributed by atoms with Gasteiger partial charge in [-0.3, -0.25) is 4.79 Å². The number of carbonyl (C=O) groups excluding carboxylic acids is 1. The van der Waals surface area contributed by atoms with E-state index in [-0.39, 0.29) is 6.04 Å². The molecule has 0 bridgehead atoms. The third-order valence-corrected chi connectivity index (χ3v) is 5.41. The fourth-order valence-electron chi connectivity index (χ4n) is 3.95. The van der Waals surface area contributed by atoms with E-state index in [1.165, 1.54) is 51.4 Å². The maximum absolute atomic E-state index is 12.9. The SMILES string of the molecule is CC1CCNC(C(=O)N(CC2CCCCC2)C2CC2)C1. The molecule has 1 N–H and O–H groups in total. The van der Waals surface area contributed by atoms with Crippen molar-refractivity contribution in [1.82, 2.24) is 10.2 Å². The van der Waals surface area contributed by atoms with E-state index in [0.717, 1.165) is 25.4 Å². The predicted molar refractivity (Wildman–Crippen MR) is 81.5 cm³/mol. The van der Waals surface area contributed by atoms with Crippen molar-refractivity contribution in [1.29, 1.82) is 0 Å². The number of carbonyl (C=O) groups is 1. The second-order valence-corrected chi connectivity index (χ2v) is 7.36. The highest BCUT2D eigenvalue weighted by Gasteiger charge is 2.38. The van der Waals surface area contributed by atoms with Crippen molar-refractivity contribution in [3.05, 3.63) is 0 Å². The van der Waals surface area contributed by atoms with Gasteiger partial charge in [-0.2, -0.15) is 0 Å². The Labute approximate surface area is 123 Å². The Hall–Kier alpha value is -0.570. The number of piperidine rings is 1. The van der Waals surface area contributed by atoms with E-state index in [1.54, 1.807) is 0 Å². The summed E-state index contributed by atoms with van der Waals surface area (Å²) >= 11 is 0. The first-order chi connectivity index (χ1) is 9.74. The Morgan fingerprint density at radius 2 is 1.85 bits per heavy atom. The summed E-state index contributed by atoms with van der Waals surface area (Å²) in [4.78, 5) is 15.1. The van der Waals surface area contributed by atoms with Gasteiger partial charge in [0.05, 0.1) is 6.04 Å². The lowest BCUT2D eigenvalue weighted by Gasteiger charge is -2.35. The first kappa shape index (κ1) is 14.4. The zero-order valence-corrected chi connectivity index (χ0v) is 12.9. The Morgan fingerprint density at radius 3 is 2.50 bits per heavy atom. The second-order valence-electron chi connectivity index (χ2n) is 7.36. The van der Waals surface area contributed by atoms with Crippen LogP contribution in [-0.2, 0) is 4.79 Å². The third-order valence-electron chi connectivity index (χ3n) is 5.41. The van der Waals surface area contributed by atoms with E-state index in [1.807, 2.05) is 0 Å². The van der Waals surface area contributed by atoms with Gasteiger partial charge in [0.1, 0.15) is 0 Å². The van der Waals surface area contributed by atoms with E-state index < -0.39 is 0 Å². The van der Waals surface area contributed by atoms with Crippen molar-refractivity contribution < 1.29 is 4.79 Å². The molecular weight excluding hydrogens is 248 g/mol. The normalized spacial score (nSPS) is 32.0. The average molecular weight is 278 g/mol. The molecule has 0 aromatic heterocycles. The maximum Gasteiger partial charge on any atom is 0.239 e. The minimum absolute atomic E-state index is 0.0999. The summed E-state index contributed by atoms with van der Waals surface area (Å²) in [6.07, 6.45) is 11.5. The monoisotopic (exact) mass is 278 g/mol. The van der Waals surface area contributed by atoms with Gasteiger partial charge in [0.25, 0.3) is 0 Å². The van der Waals surface area contributed by atoms with E-state index in [4.69, 9.17) is 0 Å². The fraction of sp³-hybridized carbons (Fsp3) is 0.941. The molecule has 3 nitrogen and oxygen atoms in total. The minimum atomic E-state index is 0.0999. The van der Waals surface area contributed by atoms with Crippen LogP contribution in [0.1, 0.15) is 64.7 Å². The van der Waals surface area contributed by atoms with Crippen LogP contribution in [0.4, 0.5) is 0 Å². The summed E-state index contributed by atoms with van der Waals surface area (Å²) in [6, 6.07) is 0.673. The van der Waals surface area contributed by atoms with Crippen molar-refractivity contribution in [2.75, 3.05) is 13.1 Å². The molecule has 2 saturated carbocycles. The van der Waals surface area contributed by atoms with Crippen LogP contribution in [0.3, 0.4) is 0 Å². The number of hydrogen-bond donors (Lipinski definition) is 1. The largest absolute Gasteiger partial charge is 0.338 e. The van der Waals surface area contributed by atoms with Gasteiger partial charge >= 0.3 is 0 Å². The molecule has 0 aromatic rings. The number of nitrogens with zero attached hydrogens (tertiary/aromatic N) is 1. The molecule has 2 unspecified atom stereocenters. The molecule has 20 heavy (non-hydrogen) atoms. The molecule has 1 heterocycles. The van der Waals surface area contributed by atoms with Crippen LogP contribution < -0.4 is 5.32 Å². The van der Waals surface area contributed by atoms with Crippen LogP contribution in [0.15, 0.2) is 0 Å². The summed E-state index contributed by atoms with van der Waals surface area (Å²) in [5, 5.41) is 3.46. The molecule has 0 spiro atoms. The first-order valence-electron chi connectivity index (χ1n) is 8.78. The van der Waals surface area contributed by atoms with Crippen molar-refractivity contribution in [2.24, 2.45) is 11.8 Å². The third kappa shape index (κ3) is 3.55. The highest BCUT2D eigenvalue weighted by atomic mass is 16.2. The summed E-state index contributed by atoms with van der Waals surface area (Å²) in [5.74, 6) is 1.87. The van der Waals surface area contributed by atoms with E-state index in [2.05, 4.69) is 17.1 Å². The molecule has 0 radical (unpaired) electrons. The van der Waals surface area contributed by atoms with Crippen LogP contribution >= 0.6 is 0 Å². The van der Waals surface area contributed by atoms with E-state index in [0.29, 0.717) is 17.9 Å². The Morgan fingerprint density at radius 1 is 1.10 bits per heavy atom. The summed E-state index contributed by atoms with van der Waals surface area (Å²) < 4.78 is 0. The van der Waals surface area contributed by atoms with Gasteiger partial charge in [0, 0.05) is 12.6 Å². The van der Waals surface area contributed by atoms with Crippen molar-refractivity contribution in [3.8, 4) is 0 Å². The van der Waals surface area contributed by atoms with Crippen LogP contribution in [0.2, 0.25) is 0 Å². The average Bonchev–Trinajstić information content (AvgIpc) is 3.30. The second kappa shape index (κ2) is 6.46. The molecule has 0 aromatic carbocycles. The lowest BCUT2D eigenvalue weighted by Crippen LogP contribution is -2.51. The van der Waals surface area contributed by atoms with Gasteiger partial charge in [0.2, 0.25) is 5.91 Å². The molecule has 1 saturated heterocycles.